The summed E-state index contributed by atoms with van der Waals surface area (Å²) in [5.41, 5.74) is 7.49. The maximum atomic E-state index is 2.50. The Labute approximate surface area is 86.6 Å². The van der Waals surface area contributed by atoms with Crippen molar-refractivity contribution in [1.82, 2.24) is 0 Å². The smallest absolute Gasteiger partial charge is 1.00 e. The van der Waals surface area contributed by atoms with Crippen LogP contribution in [-0.4, -0.2) is 21.6 Å². The second-order valence-electron chi connectivity index (χ2n) is 5.01. The molecule has 64 valence electrons. The molecular formula is C7H20AsISi. The summed E-state index contributed by atoms with van der Waals surface area (Å²) in [6.07, 6.45) is 0. The SMILES string of the molecule is C[Si](C)(C)C[As+](C)(C)C.[I-]. The van der Waals surface area contributed by atoms with Gasteiger partial charge in [0, 0.05) is 0 Å². The van der Waals surface area contributed by atoms with Crippen molar-refractivity contribution >= 4 is 21.6 Å². The molecule has 10 heavy (non-hydrogen) atoms. The zero-order valence-electron chi connectivity index (χ0n) is 8.03. The van der Waals surface area contributed by atoms with Crippen LogP contribution in [0.4, 0.5) is 0 Å². The zero-order chi connectivity index (χ0) is 7.71. The van der Waals surface area contributed by atoms with E-state index in [0.29, 0.717) is 0 Å². The van der Waals surface area contributed by atoms with Crippen LogP contribution in [0.15, 0.2) is 0 Å². The van der Waals surface area contributed by atoms with Crippen LogP contribution in [0.1, 0.15) is 0 Å². The third-order valence-electron chi connectivity index (χ3n) is 0.949. The van der Waals surface area contributed by atoms with E-state index in [1.54, 1.807) is 4.83 Å². The maximum Gasteiger partial charge on any atom is -1.00 e. The van der Waals surface area contributed by atoms with Gasteiger partial charge in [0.25, 0.3) is 0 Å². The van der Waals surface area contributed by atoms with Gasteiger partial charge >= 0.3 is 63.2 Å². The summed E-state index contributed by atoms with van der Waals surface area (Å²) < 4.78 is 0. The van der Waals surface area contributed by atoms with Gasteiger partial charge in [0.05, 0.1) is 0 Å². The van der Waals surface area contributed by atoms with Crippen molar-refractivity contribution < 1.29 is 24.0 Å². The quantitative estimate of drug-likeness (QED) is 0.500. The molecule has 0 saturated carbocycles. The van der Waals surface area contributed by atoms with E-state index in [2.05, 4.69) is 36.8 Å². The molecule has 0 aromatic rings. The zero-order valence-corrected chi connectivity index (χ0v) is 13.1. The first-order valence-corrected chi connectivity index (χ1v) is 14.2. The fraction of sp³-hybridized carbons (Fsp3) is 1.00. The first kappa shape index (κ1) is 14.1. The molecular weight excluding hydrogens is 314 g/mol. The van der Waals surface area contributed by atoms with Crippen LogP contribution in [-0.2, 0) is 0 Å². The molecule has 0 nitrogen and oxygen atoms in total. The van der Waals surface area contributed by atoms with Gasteiger partial charge in [-0.1, -0.05) is 0 Å². The summed E-state index contributed by atoms with van der Waals surface area (Å²) >= 11 is -1.03. The van der Waals surface area contributed by atoms with Gasteiger partial charge in [-0.15, -0.1) is 0 Å². The van der Waals surface area contributed by atoms with Crippen LogP contribution in [0.5, 0.6) is 0 Å². The minimum atomic E-state index is -1.03. The Hall–Kier alpha value is 1.51. The van der Waals surface area contributed by atoms with E-state index in [4.69, 9.17) is 0 Å². The van der Waals surface area contributed by atoms with E-state index in [1.165, 1.54) is 0 Å². The molecule has 0 aromatic heterocycles. The molecule has 0 fully saturated rings. The monoisotopic (exact) mass is 334 g/mol. The van der Waals surface area contributed by atoms with Crippen molar-refractivity contribution in [3.05, 3.63) is 0 Å². The summed E-state index contributed by atoms with van der Waals surface area (Å²) in [5.74, 6) is 0. The van der Waals surface area contributed by atoms with Gasteiger partial charge in [0.2, 0.25) is 0 Å². The molecule has 0 aliphatic carbocycles. The number of hydrogen-bond acceptors (Lipinski definition) is 0. The minimum absolute atomic E-state index is 0. The fourth-order valence-electron chi connectivity index (χ4n) is 1.42. The molecule has 0 N–H and O–H groups in total. The topological polar surface area (TPSA) is 0 Å². The average molecular weight is 334 g/mol. The van der Waals surface area contributed by atoms with Crippen LogP contribution in [0.2, 0.25) is 41.6 Å². The standard InChI is InChI=1S/C7H20AsSi.HI/c1-8(2,3)7-9(4,5)6;/h7H2,1-6H3;1H/q+1;/p-1. The molecule has 0 spiro atoms. The van der Waals surface area contributed by atoms with Crippen LogP contribution in [0.3, 0.4) is 0 Å². The van der Waals surface area contributed by atoms with Gasteiger partial charge < -0.3 is 24.0 Å². The van der Waals surface area contributed by atoms with Crippen molar-refractivity contribution in [2.45, 2.75) is 41.6 Å². The summed E-state index contributed by atoms with van der Waals surface area (Å²) in [5, 5.41) is 0. The van der Waals surface area contributed by atoms with E-state index in [1.807, 2.05) is 0 Å². The molecule has 0 unspecified atom stereocenters. The van der Waals surface area contributed by atoms with E-state index in [9.17, 15) is 0 Å². The Morgan fingerprint density at radius 2 is 1.30 bits per heavy atom. The fourth-order valence-corrected chi connectivity index (χ4v) is 22.2. The van der Waals surface area contributed by atoms with Gasteiger partial charge in [-0.25, -0.2) is 0 Å². The van der Waals surface area contributed by atoms with Crippen molar-refractivity contribution in [2.75, 3.05) is 0 Å². The van der Waals surface area contributed by atoms with Crippen molar-refractivity contribution in [2.24, 2.45) is 0 Å². The molecule has 0 aliphatic heterocycles. The predicted octanol–water partition coefficient (Wildman–Crippen LogP) is 0.206. The second kappa shape index (κ2) is 4.51. The largest absolute Gasteiger partial charge is 1.00 e. The van der Waals surface area contributed by atoms with E-state index in [0.717, 1.165) is 0 Å². The van der Waals surface area contributed by atoms with E-state index in [-0.39, 0.29) is 24.0 Å². The molecule has 0 rings (SSSR count). The van der Waals surface area contributed by atoms with Crippen LogP contribution in [0, 0.1) is 0 Å². The summed E-state index contributed by atoms with van der Waals surface area (Å²) in [6, 6.07) is 0. The van der Waals surface area contributed by atoms with Gasteiger partial charge in [-0.3, -0.25) is 0 Å². The number of hydrogen-bond donors (Lipinski definition) is 0. The van der Waals surface area contributed by atoms with Gasteiger partial charge in [-0.2, -0.15) is 0 Å². The molecule has 0 aliphatic rings. The third kappa shape index (κ3) is 12.2. The van der Waals surface area contributed by atoms with E-state index < -0.39 is 21.6 Å². The predicted molar refractivity (Wildman–Crippen MR) is 51.5 cm³/mol. The third-order valence-corrected chi connectivity index (χ3v) is 14.8. The summed E-state index contributed by atoms with van der Waals surface area (Å²) in [6.45, 7) is 7.42. The van der Waals surface area contributed by atoms with Crippen molar-refractivity contribution in [3.8, 4) is 0 Å². The van der Waals surface area contributed by atoms with Crippen LogP contribution in [0.25, 0.3) is 0 Å². The van der Waals surface area contributed by atoms with Crippen molar-refractivity contribution in [3.63, 3.8) is 0 Å². The van der Waals surface area contributed by atoms with Gasteiger partial charge in [0.15, 0.2) is 0 Å². The first-order chi connectivity index (χ1) is 3.71. The Morgan fingerprint density at radius 3 is 1.30 bits per heavy atom. The molecule has 0 atom stereocenters. The molecule has 0 heterocycles. The van der Waals surface area contributed by atoms with Gasteiger partial charge in [0.1, 0.15) is 0 Å². The normalized spacial score (nSPS) is 12.6. The van der Waals surface area contributed by atoms with Crippen LogP contribution < -0.4 is 24.0 Å². The Morgan fingerprint density at radius 1 is 1.00 bits per heavy atom. The second-order valence-corrected chi connectivity index (χ2v) is 22.0. The molecule has 0 radical (unpaired) electrons. The molecule has 0 aromatic carbocycles. The Bertz CT molecular complexity index is 78.8. The first-order valence-electron chi connectivity index (χ1n) is 3.51. The number of halogens is 1. The molecule has 0 bridgehead atoms. The molecule has 3 heteroatoms. The Kier molecular flexibility index (Phi) is 6.34. The summed E-state index contributed by atoms with van der Waals surface area (Å²) in [7, 11) is -0.716. The average Bonchev–Trinajstić information content (AvgIpc) is 1.14. The summed E-state index contributed by atoms with van der Waals surface area (Å²) in [4.78, 5) is 1.60. The molecule has 0 amide bonds. The minimum Gasteiger partial charge on any atom is -1.00 e. The van der Waals surface area contributed by atoms with Crippen molar-refractivity contribution in [1.29, 1.82) is 0 Å². The Balaban J connectivity index is 0. The number of rotatable bonds is 2. The van der Waals surface area contributed by atoms with Crippen LogP contribution >= 0.6 is 0 Å². The molecule has 0 saturated heterocycles. The maximum absolute atomic E-state index is 2.50. The van der Waals surface area contributed by atoms with E-state index >= 15 is 0 Å². The van der Waals surface area contributed by atoms with Gasteiger partial charge in [-0.05, 0) is 0 Å².